The van der Waals surface area contributed by atoms with Crippen LogP contribution in [-0.2, 0) is 11.2 Å². The number of nitrogens with one attached hydrogen (secondary N) is 1. The van der Waals surface area contributed by atoms with E-state index in [0.29, 0.717) is 6.42 Å². The normalized spacial score (nSPS) is 17.1. The lowest BCUT2D eigenvalue weighted by Gasteiger charge is -2.14. The summed E-state index contributed by atoms with van der Waals surface area (Å²) >= 11 is 1.07. The number of fused-ring (bicyclic) bond motifs is 1. The Kier molecular flexibility index (Phi) is 5.97. The molecule has 2 aromatic rings. The molecule has 5 heteroatoms. The molecule has 1 unspecified atom stereocenters. The Bertz CT molecular complexity index is 775. The number of hydrogen-bond acceptors (Lipinski definition) is 4. The minimum Gasteiger partial charge on any atom is -0.493 e. The van der Waals surface area contributed by atoms with E-state index in [2.05, 4.69) is 12.2 Å². The maximum atomic E-state index is 11.8. The summed E-state index contributed by atoms with van der Waals surface area (Å²) in [5, 5.41) is 3.89. The van der Waals surface area contributed by atoms with Crippen molar-refractivity contribution in [2.45, 2.75) is 44.3 Å². The highest BCUT2D eigenvalue weighted by atomic mass is 32.2. The van der Waals surface area contributed by atoms with Gasteiger partial charge in [0, 0.05) is 5.39 Å². The number of carbonyl (C=O) groups is 2. The fourth-order valence-electron chi connectivity index (χ4n) is 3.08. The lowest BCUT2D eigenvalue weighted by atomic mass is 9.99. The first kappa shape index (κ1) is 17.8. The summed E-state index contributed by atoms with van der Waals surface area (Å²) in [7, 11) is 0. The summed E-state index contributed by atoms with van der Waals surface area (Å²) in [6.07, 6.45) is 5.24. The Morgan fingerprint density at radius 1 is 1.04 bits per heavy atom. The Morgan fingerprint density at radius 3 is 2.56 bits per heavy atom. The maximum absolute atomic E-state index is 11.8. The highest BCUT2D eigenvalue weighted by molar-refractivity contribution is 8.15. The van der Waals surface area contributed by atoms with Crippen molar-refractivity contribution in [2.75, 3.05) is 6.61 Å². The molecular weight excluding hydrogens is 334 g/mol. The van der Waals surface area contributed by atoms with Crippen molar-refractivity contribution in [1.29, 1.82) is 0 Å². The third-order valence-electron chi connectivity index (χ3n) is 4.40. The highest BCUT2D eigenvalue weighted by Gasteiger charge is 2.31. The van der Waals surface area contributed by atoms with Crippen LogP contribution in [0.4, 0.5) is 4.79 Å². The topological polar surface area (TPSA) is 55.4 Å². The number of rotatable bonds is 8. The van der Waals surface area contributed by atoms with E-state index in [1.807, 2.05) is 36.4 Å². The van der Waals surface area contributed by atoms with Gasteiger partial charge in [-0.15, -0.1) is 0 Å². The van der Waals surface area contributed by atoms with Gasteiger partial charge in [-0.3, -0.25) is 14.9 Å². The van der Waals surface area contributed by atoms with Crippen LogP contribution < -0.4 is 10.1 Å². The molecule has 132 valence electrons. The molecular formula is C20H23NO3S. The van der Waals surface area contributed by atoms with E-state index < -0.39 is 0 Å². The first-order valence-corrected chi connectivity index (χ1v) is 9.72. The third-order valence-corrected chi connectivity index (χ3v) is 5.38. The number of carbonyl (C=O) groups excluding carboxylic acids is 2. The number of imide groups is 1. The van der Waals surface area contributed by atoms with Crippen LogP contribution in [0.5, 0.6) is 5.75 Å². The molecule has 1 N–H and O–H groups in total. The molecule has 1 aliphatic heterocycles. The molecule has 1 heterocycles. The molecule has 0 bridgehead atoms. The summed E-state index contributed by atoms with van der Waals surface area (Å²) in [5.74, 6) is 0.686. The van der Waals surface area contributed by atoms with Gasteiger partial charge >= 0.3 is 0 Å². The van der Waals surface area contributed by atoms with Crippen molar-refractivity contribution in [2.24, 2.45) is 0 Å². The average Bonchev–Trinajstić information content (AvgIpc) is 2.93. The van der Waals surface area contributed by atoms with E-state index in [1.54, 1.807) is 0 Å². The highest BCUT2D eigenvalue weighted by Crippen LogP contribution is 2.32. The number of amides is 2. The summed E-state index contributed by atoms with van der Waals surface area (Å²) < 4.78 is 5.99. The van der Waals surface area contributed by atoms with Gasteiger partial charge < -0.3 is 4.74 Å². The number of thioether (sulfide) groups is 1. The van der Waals surface area contributed by atoms with Crippen LogP contribution in [0, 0.1) is 0 Å². The molecule has 2 amide bonds. The molecule has 1 saturated heterocycles. The predicted octanol–water partition coefficient (Wildman–Crippen LogP) is 4.69. The molecule has 1 fully saturated rings. The molecule has 0 saturated carbocycles. The first-order chi connectivity index (χ1) is 12.2. The largest absolute Gasteiger partial charge is 0.493 e. The average molecular weight is 357 g/mol. The van der Waals surface area contributed by atoms with Crippen molar-refractivity contribution in [1.82, 2.24) is 5.32 Å². The Hall–Kier alpha value is -2.01. The van der Waals surface area contributed by atoms with Gasteiger partial charge in [0.2, 0.25) is 5.91 Å². The number of benzene rings is 2. The number of hydrogen-bond donors (Lipinski definition) is 1. The standard InChI is InChI=1S/C20H23NO3S/c1-2-3-4-7-12-24-17-11-10-14(15-8-5-6-9-16(15)17)13-18-19(22)21-20(23)25-18/h5-6,8-11,18H,2-4,7,12-13H2,1H3,(H,21,22,23). The number of ether oxygens (including phenoxy) is 1. The van der Waals surface area contributed by atoms with Crippen LogP contribution in [-0.4, -0.2) is 23.0 Å². The second-order valence-electron chi connectivity index (χ2n) is 6.26. The molecule has 0 aliphatic carbocycles. The molecule has 1 aliphatic rings. The van der Waals surface area contributed by atoms with E-state index in [1.165, 1.54) is 19.3 Å². The summed E-state index contributed by atoms with van der Waals surface area (Å²) in [4.78, 5) is 23.2. The zero-order valence-corrected chi connectivity index (χ0v) is 15.2. The summed E-state index contributed by atoms with van der Waals surface area (Å²) in [6.45, 7) is 2.92. The molecule has 0 aromatic heterocycles. The molecule has 4 nitrogen and oxygen atoms in total. The van der Waals surface area contributed by atoms with Gasteiger partial charge in [-0.05, 0) is 29.9 Å². The van der Waals surface area contributed by atoms with E-state index in [9.17, 15) is 9.59 Å². The van der Waals surface area contributed by atoms with Gasteiger partial charge in [0.25, 0.3) is 5.24 Å². The van der Waals surface area contributed by atoms with E-state index in [4.69, 9.17) is 4.74 Å². The number of unbranched alkanes of at least 4 members (excludes halogenated alkanes) is 3. The Labute approximate surface area is 152 Å². The maximum Gasteiger partial charge on any atom is 0.286 e. The Balaban J connectivity index is 1.76. The summed E-state index contributed by atoms with van der Waals surface area (Å²) in [5.41, 5.74) is 1.07. The van der Waals surface area contributed by atoms with E-state index in [0.717, 1.165) is 46.9 Å². The first-order valence-electron chi connectivity index (χ1n) is 8.84. The molecule has 2 aromatic carbocycles. The van der Waals surface area contributed by atoms with Crippen molar-refractivity contribution in [3.63, 3.8) is 0 Å². The van der Waals surface area contributed by atoms with Crippen LogP contribution in [0.2, 0.25) is 0 Å². The quantitative estimate of drug-likeness (QED) is 0.696. The van der Waals surface area contributed by atoms with E-state index >= 15 is 0 Å². The second-order valence-corrected chi connectivity index (χ2v) is 7.44. The lowest BCUT2D eigenvalue weighted by molar-refractivity contribution is -0.118. The lowest BCUT2D eigenvalue weighted by Crippen LogP contribution is -2.25. The van der Waals surface area contributed by atoms with E-state index in [-0.39, 0.29) is 16.4 Å². The van der Waals surface area contributed by atoms with Gasteiger partial charge in [0.1, 0.15) is 5.75 Å². The Morgan fingerprint density at radius 2 is 1.84 bits per heavy atom. The SMILES string of the molecule is CCCCCCOc1ccc(CC2SC(=O)NC2=O)c2ccccc12. The second kappa shape index (κ2) is 8.39. The fraction of sp³-hybridized carbons (Fsp3) is 0.400. The third kappa shape index (κ3) is 4.34. The van der Waals surface area contributed by atoms with Crippen molar-refractivity contribution < 1.29 is 14.3 Å². The molecule has 0 radical (unpaired) electrons. The molecule has 0 spiro atoms. The monoisotopic (exact) mass is 357 g/mol. The smallest absolute Gasteiger partial charge is 0.286 e. The van der Waals surface area contributed by atoms with Crippen molar-refractivity contribution in [3.8, 4) is 5.75 Å². The van der Waals surface area contributed by atoms with Gasteiger partial charge in [-0.25, -0.2) is 0 Å². The van der Waals surface area contributed by atoms with Gasteiger partial charge in [0.15, 0.2) is 0 Å². The molecule has 25 heavy (non-hydrogen) atoms. The fourth-order valence-corrected chi connectivity index (χ4v) is 3.92. The zero-order valence-electron chi connectivity index (χ0n) is 14.4. The van der Waals surface area contributed by atoms with Crippen LogP contribution in [0.15, 0.2) is 36.4 Å². The van der Waals surface area contributed by atoms with Crippen LogP contribution in [0.25, 0.3) is 10.8 Å². The minimum atomic E-state index is -0.350. The van der Waals surface area contributed by atoms with Crippen molar-refractivity contribution >= 4 is 33.7 Å². The zero-order chi connectivity index (χ0) is 17.6. The van der Waals surface area contributed by atoms with Gasteiger partial charge in [-0.2, -0.15) is 0 Å². The predicted molar refractivity (Wildman–Crippen MR) is 102 cm³/mol. The van der Waals surface area contributed by atoms with Crippen LogP contribution in [0.1, 0.15) is 38.2 Å². The van der Waals surface area contributed by atoms with Crippen LogP contribution in [0.3, 0.4) is 0 Å². The van der Waals surface area contributed by atoms with Gasteiger partial charge in [0.05, 0.1) is 11.9 Å². The molecule has 1 atom stereocenters. The van der Waals surface area contributed by atoms with Crippen LogP contribution >= 0.6 is 11.8 Å². The molecule has 3 rings (SSSR count). The van der Waals surface area contributed by atoms with Gasteiger partial charge in [-0.1, -0.05) is 68.3 Å². The van der Waals surface area contributed by atoms with Crippen molar-refractivity contribution in [3.05, 3.63) is 42.0 Å². The summed E-state index contributed by atoms with van der Waals surface area (Å²) in [6, 6.07) is 12.1. The minimum absolute atomic E-state index is 0.199.